The first-order valence-electron chi connectivity index (χ1n) is 4.22. The summed E-state index contributed by atoms with van der Waals surface area (Å²) in [5, 5.41) is 10.4. The molecule has 2 atom stereocenters. The molecule has 1 heterocycles. The number of carboxylic acids is 1. The largest absolute Gasteiger partial charge is 1.00 e. The van der Waals surface area contributed by atoms with Crippen LogP contribution >= 0.6 is 0 Å². The van der Waals surface area contributed by atoms with Gasteiger partial charge in [-0.2, -0.15) is 0 Å². The molecule has 1 aromatic rings. The molecule has 15 heavy (non-hydrogen) atoms. The number of carbonyl (C=O) groups is 1. The first-order chi connectivity index (χ1) is 6.72. The summed E-state index contributed by atoms with van der Waals surface area (Å²) in [6.07, 6.45) is -1.14. The fourth-order valence-electron chi connectivity index (χ4n) is 1.34. The molecule has 1 aliphatic rings. The molecule has 0 saturated carbocycles. The van der Waals surface area contributed by atoms with Crippen LogP contribution in [0.15, 0.2) is 24.3 Å². The molecule has 5 heteroatoms. The van der Waals surface area contributed by atoms with Gasteiger partial charge in [-0.05, 0) is 17.7 Å². The minimum atomic E-state index is -1.16. The summed E-state index contributed by atoms with van der Waals surface area (Å²) < 4.78 is 9.91. The Morgan fingerprint density at radius 1 is 1.40 bits per heavy atom. The summed E-state index contributed by atoms with van der Waals surface area (Å²) in [6, 6.07) is 7.10. The summed E-state index contributed by atoms with van der Waals surface area (Å²) in [7, 11) is 1.58. The number of hydrogen-bond acceptors (Lipinski definition) is 4. The van der Waals surface area contributed by atoms with Gasteiger partial charge in [0, 0.05) is 0 Å². The van der Waals surface area contributed by atoms with E-state index in [1.165, 1.54) is 0 Å². The predicted molar refractivity (Wildman–Crippen MR) is 45.6 cm³/mol. The quantitative estimate of drug-likeness (QED) is 0.409. The van der Waals surface area contributed by atoms with E-state index < -0.39 is 12.1 Å². The van der Waals surface area contributed by atoms with E-state index in [-0.39, 0.29) is 57.5 Å². The Labute approximate surface area is 130 Å². The number of carboxylic acid groups (broad SMARTS) is 1. The summed E-state index contributed by atoms with van der Waals surface area (Å²) in [6.45, 7) is 0. The molecule has 0 aromatic heterocycles. The molecule has 0 spiro atoms. The van der Waals surface area contributed by atoms with E-state index in [0.29, 0.717) is 0 Å². The van der Waals surface area contributed by atoms with Crippen molar-refractivity contribution >= 4 is 5.97 Å². The number of hydrogen-bond donors (Lipinski definition) is 0. The molecule has 0 radical (unpaired) electrons. The third-order valence-corrected chi connectivity index (χ3v) is 2.17. The van der Waals surface area contributed by atoms with Gasteiger partial charge in [-0.15, -0.1) is 0 Å². The van der Waals surface area contributed by atoms with Crippen LogP contribution < -0.4 is 61.2 Å². The molecule has 74 valence electrons. The molecule has 0 amide bonds. The molecule has 0 aliphatic carbocycles. The van der Waals surface area contributed by atoms with Crippen molar-refractivity contribution in [3.05, 3.63) is 29.8 Å². The van der Waals surface area contributed by atoms with Crippen molar-refractivity contribution in [2.45, 2.75) is 12.2 Å². The third-order valence-electron chi connectivity index (χ3n) is 2.17. The second kappa shape index (κ2) is 5.43. The monoisotopic (exact) mass is 232 g/mol. The number of epoxide rings is 1. The minimum absolute atomic E-state index is 0. The van der Waals surface area contributed by atoms with E-state index in [9.17, 15) is 9.90 Å². The van der Waals surface area contributed by atoms with Gasteiger partial charge in [0.1, 0.15) is 18.0 Å². The second-order valence-corrected chi connectivity index (χ2v) is 3.07. The van der Waals surface area contributed by atoms with Crippen molar-refractivity contribution in [2.75, 3.05) is 7.11 Å². The number of rotatable bonds is 3. The maximum atomic E-state index is 10.4. The van der Waals surface area contributed by atoms with Gasteiger partial charge in [0.2, 0.25) is 0 Å². The molecule has 4 nitrogen and oxygen atoms in total. The predicted octanol–water partition coefficient (Wildman–Crippen LogP) is -3.11. The molecule has 1 aromatic carbocycles. The zero-order valence-electron chi connectivity index (χ0n) is 8.60. The number of carbonyl (C=O) groups excluding carboxylic acids is 1. The fraction of sp³-hybridized carbons (Fsp3) is 0.300. The van der Waals surface area contributed by atoms with Gasteiger partial charge in [-0.3, -0.25) is 0 Å². The Morgan fingerprint density at radius 3 is 2.40 bits per heavy atom. The SMILES string of the molecule is COc1ccc(C2OC2C(=O)[O-])cc1.[K+]. The fourth-order valence-corrected chi connectivity index (χ4v) is 1.34. The molecule has 1 fully saturated rings. The Balaban J connectivity index is 0.00000112. The van der Waals surface area contributed by atoms with Crippen molar-refractivity contribution < 1.29 is 70.8 Å². The molecule has 2 rings (SSSR count). The van der Waals surface area contributed by atoms with Crippen molar-refractivity contribution in [3.63, 3.8) is 0 Å². The first-order valence-corrected chi connectivity index (χ1v) is 4.22. The van der Waals surface area contributed by atoms with Gasteiger partial charge in [-0.25, -0.2) is 0 Å². The Morgan fingerprint density at radius 2 is 2.00 bits per heavy atom. The van der Waals surface area contributed by atoms with Crippen molar-refractivity contribution in [2.24, 2.45) is 0 Å². The summed E-state index contributed by atoms with van der Waals surface area (Å²) in [5.41, 5.74) is 0.833. The maximum absolute atomic E-state index is 10.4. The molecule has 2 unspecified atom stereocenters. The summed E-state index contributed by atoms with van der Waals surface area (Å²) in [4.78, 5) is 10.4. The molecule has 1 aliphatic heterocycles. The van der Waals surface area contributed by atoms with Crippen LogP contribution in [0.2, 0.25) is 0 Å². The average Bonchev–Trinajstić information content (AvgIpc) is 2.97. The zero-order chi connectivity index (χ0) is 10.1. The smallest absolute Gasteiger partial charge is 0.547 e. The van der Waals surface area contributed by atoms with E-state index in [1.54, 1.807) is 31.4 Å². The van der Waals surface area contributed by atoms with Crippen LogP contribution in [0.3, 0.4) is 0 Å². The Kier molecular flexibility index (Phi) is 4.76. The van der Waals surface area contributed by atoms with E-state index in [4.69, 9.17) is 9.47 Å². The van der Waals surface area contributed by atoms with Crippen LogP contribution in [0.5, 0.6) is 5.75 Å². The zero-order valence-corrected chi connectivity index (χ0v) is 11.7. The van der Waals surface area contributed by atoms with E-state index >= 15 is 0 Å². The van der Waals surface area contributed by atoms with E-state index in [1.807, 2.05) is 0 Å². The second-order valence-electron chi connectivity index (χ2n) is 3.07. The first kappa shape index (κ1) is 13.2. The number of aliphatic carboxylic acids is 1. The Hall–Kier alpha value is 0.0864. The summed E-state index contributed by atoms with van der Waals surface area (Å²) >= 11 is 0. The van der Waals surface area contributed by atoms with E-state index in [0.717, 1.165) is 11.3 Å². The van der Waals surface area contributed by atoms with Gasteiger partial charge >= 0.3 is 51.4 Å². The van der Waals surface area contributed by atoms with Gasteiger partial charge < -0.3 is 19.4 Å². The number of methoxy groups -OCH3 is 1. The van der Waals surface area contributed by atoms with Crippen LogP contribution in [0.4, 0.5) is 0 Å². The van der Waals surface area contributed by atoms with Crippen LogP contribution in [0, 0.1) is 0 Å². The van der Waals surface area contributed by atoms with Crippen LogP contribution in [0.1, 0.15) is 11.7 Å². The Bertz CT molecular complexity index is 349. The van der Waals surface area contributed by atoms with Crippen LogP contribution in [-0.2, 0) is 9.53 Å². The van der Waals surface area contributed by atoms with Gasteiger partial charge in [0.15, 0.2) is 0 Å². The van der Waals surface area contributed by atoms with Gasteiger partial charge in [-0.1, -0.05) is 12.1 Å². The van der Waals surface area contributed by atoms with Crippen molar-refractivity contribution in [3.8, 4) is 5.75 Å². The molecular weight excluding hydrogens is 223 g/mol. The molecule has 0 bridgehead atoms. The van der Waals surface area contributed by atoms with Crippen molar-refractivity contribution in [1.82, 2.24) is 0 Å². The van der Waals surface area contributed by atoms with Crippen LogP contribution in [-0.4, -0.2) is 19.2 Å². The maximum Gasteiger partial charge on any atom is 1.00 e. The standard InChI is InChI=1S/C10H10O4.K/c1-13-7-4-2-6(3-5-7)8-9(14-8)10(11)12;/h2-5,8-9H,1H3,(H,11,12);/q;+1/p-1. The van der Waals surface area contributed by atoms with E-state index in [2.05, 4.69) is 0 Å². The number of benzene rings is 1. The van der Waals surface area contributed by atoms with Gasteiger partial charge in [0.25, 0.3) is 0 Å². The minimum Gasteiger partial charge on any atom is -0.547 e. The average molecular weight is 232 g/mol. The molecule has 0 N–H and O–H groups in total. The van der Waals surface area contributed by atoms with Crippen LogP contribution in [0.25, 0.3) is 0 Å². The topological polar surface area (TPSA) is 61.9 Å². The van der Waals surface area contributed by atoms with Crippen molar-refractivity contribution in [1.29, 1.82) is 0 Å². The molecule has 1 saturated heterocycles. The summed E-state index contributed by atoms with van der Waals surface area (Å²) in [5.74, 6) is -0.426. The van der Waals surface area contributed by atoms with Gasteiger partial charge in [0.05, 0.1) is 13.1 Å². The molecular formula is C10H9KO4. The normalized spacial score (nSPS) is 22.7. The number of ether oxygens (including phenoxy) is 2. The third kappa shape index (κ3) is 3.02.